The fourth-order valence-electron chi connectivity index (χ4n) is 2.88. The first-order chi connectivity index (χ1) is 14.1. The number of hydrogen-bond acceptors (Lipinski definition) is 6. The van der Waals surface area contributed by atoms with Crippen LogP contribution in [-0.4, -0.2) is 51.4 Å². The number of carbonyl (C=O) groups is 1. The third-order valence-electron chi connectivity index (χ3n) is 4.17. The maximum absolute atomic E-state index is 14.2. The Hall–Kier alpha value is -3.88. The molecule has 0 radical (unpaired) electrons. The smallest absolute Gasteiger partial charge is 0.185 e. The van der Waals surface area contributed by atoms with Crippen LogP contribution in [0.25, 0.3) is 22.5 Å². The Bertz CT molecular complexity index is 1210. The molecule has 0 aliphatic heterocycles. The summed E-state index contributed by atoms with van der Waals surface area (Å²) >= 11 is 0. The first-order valence-corrected chi connectivity index (χ1v) is 8.77. The highest BCUT2D eigenvalue weighted by atomic mass is 19.1. The van der Waals surface area contributed by atoms with E-state index in [4.69, 9.17) is 4.42 Å². The number of nitrogens with zero attached hydrogens (tertiary/aromatic N) is 6. The Kier molecular flexibility index (Phi) is 4.86. The van der Waals surface area contributed by atoms with Gasteiger partial charge in [-0.15, -0.1) is 0 Å². The van der Waals surface area contributed by atoms with E-state index in [0.717, 1.165) is 0 Å². The van der Waals surface area contributed by atoms with Crippen LogP contribution in [0, 0.1) is 5.82 Å². The third kappa shape index (κ3) is 3.62. The van der Waals surface area contributed by atoms with Crippen molar-refractivity contribution >= 4 is 29.5 Å². The van der Waals surface area contributed by atoms with Crippen molar-refractivity contribution in [1.82, 2.24) is 24.6 Å². The minimum atomic E-state index is -0.334. The topological polar surface area (TPSA) is 89.4 Å². The molecule has 0 aliphatic carbocycles. The number of benzene rings is 1. The molecule has 0 spiro atoms. The van der Waals surface area contributed by atoms with Crippen LogP contribution < -0.4 is 0 Å². The molecule has 4 aromatic rings. The summed E-state index contributed by atoms with van der Waals surface area (Å²) in [5.74, 6) is 0.605. The number of aldehydes is 1. The lowest BCUT2D eigenvalue weighted by Gasteiger charge is -2.05. The standard InChI is InChI=1S/C20H17FN6O2/c1-26(2)12-24-19-17-18(16-8-7-14(10-28)29-16)25-27(20(17)23-11-22-19)9-13-5-3-4-6-15(13)21/h3-8,10-12H,9H2,1-2H3. The molecule has 0 amide bonds. The molecule has 3 heterocycles. The van der Waals surface area contributed by atoms with Crippen molar-refractivity contribution < 1.29 is 13.6 Å². The number of rotatable bonds is 6. The van der Waals surface area contributed by atoms with Crippen LogP contribution in [0.3, 0.4) is 0 Å². The zero-order valence-electron chi connectivity index (χ0n) is 15.8. The maximum Gasteiger partial charge on any atom is 0.185 e. The molecule has 29 heavy (non-hydrogen) atoms. The lowest BCUT2D eigenvalue weighted by molar-refractivity contribution is 0.110. The number of aliphatic imine (C=N–C) groups is 1. The average Bonchev–Trinajstić information content (AvgIpc) is 3.33. The van der Waals surface area contributed by atoms with E-state index >= 15 is 0 Å². The van der Waals surface area contributed by atoms with Gasteiger partial charge in [0.1, 0.15) is 17.8 Å². The minimum Gasteiger partial charge on any atom is -0.452 e. The first-order valence-electron chi connectivity index (χ1n) is 8.77. The molecule has 0 N–H and O–H groups in total. The number of fused-ring (bicyclic) bond motifs is 1. The van der Waals surface area contributed by atoms with E-state index in [1.165, 1.54) is 12.4 Å². The summed E-state index contributed by atoms with van der Waals surface area (Å²) in [5, 5.41) is 5.13. The fraction of sp³-hybridized carbons (Fsp3) is 0.150. The lowest BCUT2D eigenvalue weighted by atomic mass is 10.2. The van der Waals surface area contributed by atoms with Crippen LogP contribution in [0.1, 0.15) is 16.1 Å². The Morgan fingerprint density at radius 1 is 1.21 bits per heavy atom. The van der Waals surface area contributed by atoms with Crippen molar-refractivity contribution in [3.05, 3.63) is 59.9 Å². The summed E-state index contributed by atoms with van der Waals surface area (Å²) in [5.41, 5.74) is 1.37. The molecule has 8 nitrogen and oxygen atoms in total. The molecule has 0 unspecified atom stereocenters. The second-order valence-electron chi connectivity index (χ2n) is 6.52. The van der Waals surface area contributed by atoms with Crippen molar-refractivity contribution in [3.8, 4) is 11.5 Å². The molecule has 0 bridgehead atoms. The van der Waals surface area contributed by atoms with Crippen molar-refractivity contribution in [2.75, 3.05) is 14.1 Å². The number of aromatic nitrogens is 4. The van der Waals surface area contributed by atoms with Gasteiger partial charge in [-0.2, -0.15) is 5.10 Å². The largest absolute Gasteiger partial charge is 0.452 e. The second kappa shape index (κ2) is 7.63. The number of carbonyl (C=O) groups excluding carboxylic acids is 1. The molecule has 0 atom stereocenters. The van der Waals surface area contributed by atoms with Crippen LogP contribution in [-0.2, 0) is 6.54 Å². The Labute approximate surface area is 165 Å². The van der Waals surface area contributed by atoms with E-state index in [9.17, 15) is 9.18 Å². The monoisotopic (exact) mass is 392 g/mol. The highest BCUT2D eigenvalue weighted by molar-refractivity contribution is 5.98. The van der Waals surface area contributed by atoms with Gasteiger partial charge < -0.3 is 9.32 Å². The SMILES string of the molecule is CN(C)C=Nc1ncnc2c1c(-c1ccc(C=O)o1)nn2Cc1ccccc1F. The van der Waals surface area contributed by atoms with Gasteiger partial charge in [-0.25, -0.2) is 24.0 Å². The van der Waals surface area contributed by atoms with Crippen LogP contribution in [0.2, 0.25) is 0 Å². The molecule has 3 aromatic heterocycles. The van der Waals surface area contributed by atoms with E-state index in [0.29, 0.717) is 40.2 Å². The molecule has 9 heteroatoms. The Morgan fingerprint density at radius 3 is 2.76 bits per heavy atom. The van der Waals surface area contributed by atoms with Gasteiger partial charge in [0.25, 0.3) is 0 Å². The van der Waals surface area contributed by atoms with E-state index in [2.05, 4.69) is 20.1 Å². The van der Waals surface area contributed by atoms with E-state index in [1.54, 1.807) is 46.3 Å². The Balaban J connectivity index is 1.92. The van der Waals surface area contributed by atoms with Crippen molar-refractivity contribution in [2.24, 2.45) is 4.99 Å². The predicted molar refractivity (Wildman–Crippen MR) is 106 cm³/mol. The van der Waals surface area contributed by atoms with Gasteiger partial charge >= 0.3 is 0 Å². The quantitative estimate of drug-likeness (QED) is 0.284. The van der Waals surface area contributed by atoms with Crippen molar-refractivity contribution in [2.45, 2.75) is 6.54 Å². The molecule has 0 saturated carbocycles. The van der Waals surface area contributed by atoms with Crippen molar-refractivity contribution in [1.29, 1.82) is 0 Å². The van der Waals surface area contributed by atoms with Gasteiger partial charge in [-0.1, -0.05) is 18.2 Å². The normalized spacial score (nSPS) is 11.4. The summed E-state index contributed by atoms with van der Waals surface area (Å²) in [6, 6.07) is 9.67. The lowest BCUT2D eigenvalue weighted by Crippen LogP contribution is -2.07. The summed E-state index contributed by atoms with van der Waals surface area (Å²) in [6.07, 6.45) is 3.61. The zero-order chi connectivity index (χ0) is 20.4. The van der Waals surface area contributed by atoms with Gasteiger partial charge in [0.05, 0.1) is 18.3 Å². The highest BCUT2D eigenvalue weighted by Crippen LogP contribution is 2.33. The molecule has 0 fully saturated rings. The van der Waals surface area contributed by atoms with Gasteiger partial charge in [0.2, 0.25) is 0 Å². The number of furan rings is 1. The van der Waals surface area contributed by atoms with Gasteiger partial charge in [0.15, 0.2) is 29.3 Å². The molecular weight excluding hydrogens is 375 g/mol. The summed E-state index contributed by atoms with van der Waals surface area (Å²) in [6.45, 7) is 0.165. The van der Waals surface area contributed by atoms with Crippen LogP contribution in [0.4, 0.5) is 10.2 Å². The van der Waals surface area contributed by atoms with E-state index in [1.807, 2.05) is 14.1 Å². The van der Waals surface area contributed by atoms with Gasteiger partial charge in [-0.3, -0.25) is 4.79 Å². The van der Waals surface area contributed by atoms with Gasteiger partial charge in [-0.05, 0) is 18.2 Å². The predicted octanol–water partition coefficient (Wildman–Crippen LogP) is 3.31. The summed E-state index contributed by atoms with van der Waals surface area (Å²) < 4.78 is 21.3. The molecule has 0 aliphatic rings. The molecule has 4 rings (SSSR count). The zero-order valence-corrected chi connectivity index (χ0v) is 15.8. The first kappa shape index (κ1) is 18.5. The third-order valence-corrected chi connectivity index (χ3v) is 4.17. The van der Waals surface area contributed by atoms with E-state index < -0.39 is 0 Å². The number of hydrogen-bond donors (Lipinski definition) is 0. The average molecular weight is 392 g/mol. The van der Waals surface area contributed by atoms with E-state index in [-0.39, 0.29) is 18.1 Å². The van der Waals surface area contributed by atoms with Crippen molar-refractivity contribution in [3.63, 3.8) is 0 Å². The van der Waals surface area contributed by atoms with Crippen LogP contribution >= 0.6 is 0 Å². The molecule has 146 valence electrons. The maximum atomic E-state index is 14.2. The molecule has 0 saturated heterocycles. The number of halogens is 1. The summed E-state index contributed by atoms with van der Waals surface area (Å²) in [4.78, 5) is 25.8. The molecule has 1 aromatic carbocycles. The Morgan fingerprint density at radius 2 is 2.03 bits per heavy atom. The fourth-order valence-corrected chi connectivity index (χ4v) is 2.88. The summed E-state index contributed by atoms with van der Waals surface area (Å²) in [7, 11) is 3.68. The second-order valence-corrected chi connectivity index (χ2v) is 6.52. The molecular formula is C20H17FN6O2. The van der Waals surface area contributed by atoms with Crippen LogP contribution in [0.5, 0.6) is 0 Å². The van der Waals surface area contributed by atoms with Crippen LogP contribution in [0.15, 0.2) is 52.1 Å². The van der Waals surface area contributed by atoms with Gasteiger partial charge in [0, 0.05) is 19.7 Å². The minimum absolute atomic E-state index is 0.165. The highest BCUT2D eigenvalue weighted by Gasteiger charge is 2.21.